The van der Waals surface area contributed by atoms with E-state index >= 15 is 0 Å². The number of amides is 1. The first-order valence-corrected chi connectivity index (χ1v) is 10.0. The van der Waals surface area contributed by atoms with Crippen LogP contribution in [0.1, 0.15) is 47.8 Å². The molecule has 0 aliphatic heterocycles. The lowest BCUT2D eigenvalue weighted by molar-refractivity contribution is 0.0924. The first kappa shape index (κ1) is 19.3. The highest BCUT2D eigenvalue weighted by atomic mass is 16.5. The Bertz CT molecular complexity index is 1010. The summed E-state index contributed by atoms with van der Waals surface area (Å²) in [6.45, 7) is 0. The average molecular weight is 393 g/mol. The second-order valence-electron chi connectivity index (χ2n) is 7.65. The Balaban J connectivity index is 1.50. The number of benzene rings is 2. The maximum absolute atomic E-state index is 12.9. The Labute approximate surface area is 170 Å². The molecule has 29 heavy (non-hydrogen) atoms. The van der Waals surface area contributed by atoms with Gasteiger partial charge in [-0.15, -0.1) is 0 Å². The van der Waals surface area contributed by atoms with Crippen molar-refractivity contribution in [3.05, 3.63) is 53.9 Å². The van der Waals surface area contributed by atoms with Crippen molar-refractivity contribution in [1.82, 2.24) is 14.9 Å². The van der Waals surface area contributed by atoms with Gasteiger partial charge < -0.3 is 19.4 Å². The van der Waals surface area contributed by atoms with E-state index in [2.05, 4.69) is 29.1 Å². The zero-order valence-corrected chi connectivity index (χ0v) is 17.1. The number of imidazole rings is 1. The highest BCUT2D eigenvalue weighted by molar-refractivity contribution is 5.95. The molecule has 2 aromatic carbocycles. The largest absolute Gasteiger partial charge is 0.497 e. The Morgan fingerprint density at radius 2 is 1.83 bits per heavy atom. The van der Waals surface area contributed by atoms with Gasteiger partial charge in [0.05, 0.1) is 25.3 Å². The summed E-state index contributed by atoms with van der Waals surface area (Å²) in [4.78, 5) is 17.7. The smallest absolute Gasteiger partial charge is 0.251 e. The van der Waals surface area contributed by atoms with Gasteiger partial charge in [0.1, 0.15) is 17.3 Å². The van der Waals surface area contributed by atoms with Crippen molar-refractivity contribution in [3.8, 4) is 11.5 Å². The molecular formula is C23H27N3O3. The number of nitrogens with zero attached hydrogens (tertiary/aromatic N) is 2. The zero-order chi connectivity index (χ0) is 20.4. The summed E-state index contributed by atoms with van der Waals surface area (Å²) in [7, 11) is 5.24. The number of aromatic nitrogens is 2. The molecule has 0 radical (unpaired) electrons. The third kappa shape index (κ3) is 3.92. The lowest BCUT2D eigenvalue weighted by Gasteiger charge is -2.29. The van der Waals surface area contributed by atoms with E-state index in [1.807, 2.05) is 12.1 Å². The number of methoxy groups -OCH3 is 2. The predicted octanol–water partition coefficient (Wildman–Crippen LogP) is 4.05. The van der Waals surface area contributed by atoms with Crippen LogP contribution >= 0.6 is 0 Å². The van der Waals surface area contributed by atoms with Gasteiger partial charge in [0.25, 0.3) is 5.91 Å². The minimum atomic E-state index is -0.0992. The quantitative estimate of drug-likeness (QED) is 0.710. The number of para-hydroxylation sites is 2. The second kappa shape index (κ2) is 8.15. The van der Waals surface area contributed by atoms with Crippen molar-refractivity contribution in [2.24, 2.45) is 7.05 Å². The lowest BCUT2D eigenvalue weighted by atomic mass is 9.85. The first-order valence-electron chi connectivity index (χ1n) is 10.0. The monoisotopic (exact) mass is 393 g/mol. The Kier molecular flexibility index (Phi) is 5.43. The molecule has 0 unspecified atom stereocenters. The Morgan fingerprint density at radius 3 is 2.52 bits per heavy atom. The predicted molar refractivity (Wildman–Crippen MR) is 113 cm³/mol. The average Bonchev–Trinajstić information content (AvgIpc) is 3.10. The number of carbonyl (C=O) groups excluding carboxylic acids is 1. The molecule has 1 N–H and O–H groups in total. The van der Waals surface area contributed by atoms with Gasteiger partial charge >= 0.3 is 0 Å². The van der Waals surface area contributed by atoms with Crippen LogP contribution in [0.15, 0.2) is 42.5 Å². The van der Waals surface area contributed by atoms with Gasteiger partial charge in [-0.3, -0.25) is 4.79 Å². The minimum Gasteiger partial charge on any atom is -0.497 e. The Hall–Kier alpha value is -3.02. The van der Waals surface area contributed by atoms with Crippen LogP contribution in [0.2, 0.25) is 0 Å². The van der Waals surface area contributed by atoms with Crippen LogP contribution < -0.4 is 14.8 Å². The first-order chi connectivity index (χ1) is 14.1. The van der Waals surface area contributed by atoms with Crippen molar-refractivity contribution >= 4 is 16.9 Å². The van der Waals surface area contributed by atoms with Crippen molar-refractivity contribution in [2.45, 2.75) is 37.6 Å². The van der Waals surface area contributed by atoms with Gasteiger partial charge in [0, 0.05) is 30.6 Å². The molecule has 0 spiro atoms. The summed E-state index contributed by atoms with van der Waals surface area (Å²) >= 11 is 0. The number of nitrogens with one attached hydrogen (secondary N) is 1. The molecule has 2 atom stereocenters. The highest BCUT2D eigenvalue weighted by Crippen LogP contribution is 2.34. The van der Waals surface area contributed by atoms with Crippen LogP contribution in [-0.2, 0) is 7.05 Å². The van der Waals surface area contributed by atoms with Gasteiger partial charge in [-0.2, -0.15) is 0 Å². The molecule has 1 fully saturated rings. The number of rotatable bonds is 5. The lowest BCUT2D eigenvalue weighted by Crippen LogP contribution is -2.38. The standard InChI is InChI=1S/C23H27N3O3/c1-26-21-10-5-4-9-20(21)25-22(26)15-7-6-8-17(11-15)24-23(27)16-12-18(28-2)14-19(13-16)29-3/h4-5,9-10,12-15,17H,6-8,11H2,1-3H3,(H,24,27)/t15-,17+/m0/s1. The zero-order valence-electron chi connectivity index (χ0n) is 17.1. The van der Waals surface area contributed by atoms with Crippen molar-refractivity contribution in [3.63, 3.8) is 0 Å². The van der Waals surface area contributed by atoms with Crippen LogP contribution in [0.4, 0.5) is 0 Å². The second-order valence-corrected chi connectivity index (χ2v) is 7.65. The third-order valence-corrected chi connectivity index (χ3v) is 5.81. The minimum absolute atomic E-state index is 0.0992. The van der Waals surface area contributed by atoms with Gasteiger partial charge in [0.15, 0.2) is 0 Å². The van der Waals surface area contributed by atoms with E-state index in [0.717, 1.165) is 42.5 Å². The van der Waals surface area contributed by atoms with Crippen LogP contribution in [-0.4, -0.2) is 35.7 Å². The number of fused-ring (bicyclic) bond motifs is 1. The van der Waals surface area contributed by atoms with Gasteiger partial charge in [0.2, 0.25) is 0 Å². The van der Waals surface area contributed by atoms with E-state index in [-0.39, 0.29) is 11.9 Å². The third-order valence-electron chi connectivity index (χ3n) is 5.81. The van der Waals surface area contributed by atoms with Crippen LogP contribution in [0.5, 0.6) is 11.5 Å². The van der Waals surface area contributed by atoms with E-state index < -0.39 is 0 Å². The summed E-state index contributed by atoms with van der Waals surface area (Å²) < 4.78 is 12.8. The summed E-state index contributed by atoms with van der Waals surface area (Å²) in [6.07, 6.45) is 4.04. The molecule has 1 aromatic heterocycles. The number of ether oxygens (including phenoxy) is 2. The van der Waals surface area contributed by atoms with Crippen LogP contribution in [0.25, 0.3) is 11.0 Å². The molecule has 1 saturated carbocycles. The SMILES string of the molecule is COc1cc(OC)cc(C(=O)N[C@@H]2CCC[C@H](c3nc4ccccc4n3C)C2)c1. The number of hydrogen-bond donors (Lipinski definition) is 1. The highest BCUT2D eigenvalue weighted by Gasteiger charge is 2.28. The van der Waals surface area contributed by atoms with Gasteiger partial charge in [-0.1, -0.05) is 18.6 Å². The van der Waals surface area contributed by atoms with E-state index in [1.54, 1.807) is 32.4 Å². The molecule has 1 aliphatic rings. The number of aryl methyl sites for hydroxylation is 1. The van der Waals surface area contributed by atoms with Crippen LogP contribution in [0.3, 0.4) is 0 Å². The van der Waals surface area contributed by atoms with Gasteiger partial charge in [-0.05, 0) is 43.5 Å². The summed E-state index contributed by atoms with van der Waals surface area (Å²) in [6, 6.07) is 13.6. The molecule has 3 aromatic rings. The fourth-order valence-corrected chi connectivity index (χ4v) is 4.29. The molecule has 0 bridgehead atoms. The molecular weight excluding hydrogens is 366 g/mol. The van der Waals surface area contributed by atoms with E-state index in [0.29, 0.717) is 23.0 Å². The fourth-order valence-electron chi connectivity index (χ4n) is 4.29. The molecule has 6 heteroatoms. The van der Waals surface area contributed by atoms with E-state index in [4.69, 9.17) is 14.5 Å². The number of carbonyl (C=O) groups is 1. The normalized spacial score (nSPS) is 19.1. The molecule has 6 nitrogen and oxygen atoms in total. The molecule has 4 rings (SSSR count). The topological polar surface area (TPSA) is 65.4 Å². The number of hydrogen-bond acceptors (Lipinski definition) is 4. The van der Waals surface area contributed by atoms with E-state index in [9.17, 15) is 4.79 Å². The molecule has 1 aliphatic carbocycles. The van der Waals surface area contributed by atoms with Crippen molar-refractivity contribution in [1.29, 1.82) is 0 Å². The molecule has 152 valence electrons. The van der Waals surface area contributed by atoms with Crippen LogP contribution in [0, 0.1) is 0 Å². The van der Waals surface area contributed by atoms with E-state index in [1.165, 1.54) is 0 Å². The Morgan fingerprint density at radius 1 is 1.10 bits per heavy atom. The molecule has 1 amide bonds. The maximum Gasteiger partial charge on any atom is 0.251 e. The summed E-state index contributed by atoms with van der Waals surface area (Å²) in [5.41, 5.74) is 2.72. The van der Waals surface area contributed by atoms with Crippen molar-refractivity contribution in [2.75, 3.05) is 14.2 Å². The maximum atomic E-state index is 12.9. The summed E-state index contributed by atoms with van der Waals surface area (Å²) in [5.74, 6) is 2.56. The summed E-state index contributed by atoms with van der Waals surface area (Å²) in [5, 5.41) is 3.20. The van der Waals surface area contributed by atoms with Gasteiger partial charge in [-0.25, -0.2) is 4.98 Å². The van der Waals surface area contributed by atoms with Crippen molar-refractivity contribution < 1.29 is 14.3 Å². The molecule has 0 saturated heterocycles. The fraction of sp³-hybridized carbons (Fsp3) is 0.391. The molecule has 1 heterocycles.